The standard InChI is InChI=1S/C8H7ClN2O/c9-3-1-2-6-4-7(12)8(10)11-5-6/h4-5,12H,3H2,(H2,10,11). The molecule has 0 aliphatic carbocycles. The Morgan fingerprint density at radius 3 is 3.00 bits per heavy atom. The van der Waals surface area contributed by atoms with Gasteiger partial charge in [-0.25, -0.2) is 4.98 Å². The molecular formula is C8H7ClN2O. The van der Waals surface area contributed by atoms with Crippen LogP contribution in [0.2, 0.25) is 0 Å². The molecule has 1 heterocycles. The van der Waals surface area contributed by atoms with E-state index in [0.29, 0.717) is 5.56 Å². The Morgan fingerprint density at radius 1 is 1.67 bits per heavy atom. The SMILES string of the molecule is Nc1ncc(C#CCCl)cc1O. The van der Waals surface area contributed by atoms with Crippen molar-refractivity contribution in [1.82, 2.24) is 4.98 Å². The minimum absolute atomic E-state index is 0.0589. The molecule has 0 fully saturated rings. The van der Waals surface area contributed by atoms with Crippen LogP contribution in [-0.4, -0.2) is 16.0 Å². The average Bonchev–Trinajstić information content (AvgIpc) is 2.07. The molecule has 1 aromatic rings. The van der Waals surface area contributed by atoms with Gasteiger partial charge in [-0.05, 0) is 0 Å². The Balaban J connectivity index is 2.97. The van der Waals surface area contributed by atoms with Gasteiger partial charge in [0.15, 0.2) is 11.6 Å². The Kier molecular flexibility index (Phi) is 2.78. The van der Waals surface area contributed by atoms with E-state index in [2.05, 4.69) is 16.8 Å². The van der Waals surface area contributed by atoms with Gasteiger partial charge < -0.3 is 10.8 Å². The smallest absolute Gasteiger partial charge is 0.165 e. The molecule has 1 aromatic heterocycles. The third kappa shape index (κ3) is 2.04. The van der Waals surface area contributed by atoms with Crippen LogP contribution in [0.5, 0.6) is 5.75 Å². The number of alkyl halides is 1. The Bertz CT molecular complexity index is 341. The molecule has 0 aliphatic heterocycles. The van der Waals surface area contributed by atoms with Gasteiger partial charge >= 0.3 is 0 Å². The van der Waals surface area contributed by atoms with E-state index in [0.717, 1.165) is 0 Å². The second kappa shape index (κ2) is 3.84. The molecule has 0 aromatic carbocycles. The minimum Gasteiger partial charge on any atom is -0.504 e. The zero-order valence-corrected chi connectivity index (χ0v) is 6.97. The molecule has 12 heavy (non-hydrogen) atoms. The van der Waals surface area contributed by atoms with E-state index in [9.17, 15) is 0 Å². The van der Waals surface area contributed by atoms with E-state index >= 15 is 0 Å². The number of anilines is 1. The van der Waals surface area contributed by atoms with Crippen molar-refractivity contribution in [3.05, 3.63) is 17.8 Å². The van der Waals surface area contributed by atoms with Crippen LogP contribution in [0.25, 0.3) is 0 Å². The van der Waals surface area contributed by atoms with Gasteiger partial charge in [-0.1, -0.05) is 11.8 Å². The van der Waals surface area contributed by atoms with E-state index in [1.807, 2.05) is 0 Å². The van der Waals surface area contributed by atoms with Crippen molar-refractivity contribution in [2.24, 2.45) is 0 Å². The molecule has 0 bridgehead atoms. The molecule has 0 saturated carbocycles. The summed E-state index contributed by atoms with van der Waals surface area (Å²) in [5.74, 6) is 5.64. The molecule has 0 amide bonds. The van der Waals surface area contributed by atoms with Gasteiger partial charge in [0.2, 0.25) is 0 Å². The summed E-state index contributed by atoms with van der Waals surface area (Å²) in [5, 5.41) is 9.11. The monoisotopic (exact) mass is 182 g/mol. The van der Waals surface area contributed by atoms with E-state index < -0.39 is 0 Å². The number of nitrogens with zero attached hydrogens (tertiary/aromatic N) is 1. The molecule has 0 aliphatic rings. The molecular weight excluding hydrogens is 176 g/mol. The number of aromatic nitrogens is 1. The predicted octanol–water partition coefficient (Wildman–Crippen LogP) is 0.960. The highest BCUT2D eigenvalue weighted by molar-refractivity contribution is 6.19. The van der Waals surface area contributed by atoms with Crippen LogP contribution >= 0.6 is 11.6 Å². The quantitative estimate of drug-likeness (QED) is 0.464. The van der Waals surface area contributed by atoms with Gasteiger partial charge in [-0.15, -0.1) is 11.6 Å². The molecule has 0 spiro atoms. The predicted molar refractivity (Wildman–Crippen MR) is 47.9 cm³/mol. The molecule has 3 N–H and O–H groups in total. The number of nitrogens with two attached hydrogens (primary N) is 1. The number of nitrogen functional groups attached to an aromatic ring is 1. The maximum Gasteiger partial charge on any atom is 0.165 e. The first-order valence-corrected chi connectivity index (χ1v) is 3.77. The highest BCUT2D eigenvalue weighted by Gasteiger charge is 1.96. The molecule has 0 radical (unpaired) electrons. The van der Waals surface area contributed by atoms with Crippen LogP contribution in [0.15, 0.2) is 12.3 Å². The van der Waals surface area contributed by atoms with Crippen LogP contribution < -0.4 is 5.73 Å². The fraction of sp³-hybridized carbons (Fsp3) is 0.125. The number of halogens is 1. The van der Waals surface area contributed by atoms with Gasteiger partial charge in [0, 0.05) is 17.8 Å². The normalized spacial score (nSPS) is 8.75. The summed E-state index contributed by atoms with van der Waals surface area (Å²) in [4.78, 5) is 3.71. The molecule has 0 saturated heterocycles. The highest BCUT2D eigenvalue weighted by atomic mass is 35.5. The van der Waals surface area contributed by atoms with Crippen molar-refractivity contribution in [2.45, 2.75) is 0 Å². The lowest BCUT2D eigenvalue weighted by Gasteiger charge is -1.95. The second-order valence-electron chi connectivity index (χ2n) is 2.06. The van der Waals surface area contributed by atoms with Crippen LogP contribution in [0.3, 0.4) is 0 Å². The summed E-state index contributed by atoms with van der Waals surface area (Å²) < 4.78 is 0. The first-order chi connectivity index (χ1) is 5.74. The van der Waals surface area contributed by atoms with Gasteiger partial charge in [0.1, 0.15) is 0 Å². The summed E-state index contributed by atoms with van der Waals surface area (Å²) in [5.41, 5.74) is 5.88. The molecule has 62 valence electrons. The lowest BCUT2D eigenvalue weighted by Crippen LogP contribution is -1.90. The molecule has 3 nitrogen and oxygen atoms in total. The number of hydrogen-bond donors (Lipinski definition) is 2. The fourth-order valence-corrected chi connectivity index (χ4v) is 0.734. The maximum absolute atomic E-state index is 9.11. The number of rotatable bonds is 0. The first kappa shape index (κ1) is 8.69. The summed E-state index contributed by atoms with van der Waals surface area (Å²) in [6.45, 7) is 0. The van der Waals surface area contributed by atoms with Crippen LogP contribution in [0, 0.1) is 11.8 Å². The van der Waals surface area contributed by atoms with Crippen molar-refractivity contribution in [3.8, 4) is 17.6 Å². The number of pyridine rings is 1. The van der Waals surface area contributed by atoms with Crippen molar-refractivity contribution >= 4 is 17.4 Å². The first-order valence-electron chi connectivity index (χ1n) is 3.23. The van der Waals surface area contributed by atoms with Crippen LogP contribution in [0.4, 0.5) is 5.82 Å². The fourth-order valence-electron chi connectivity index (χ4n) is 0.668. The molecule has 0 unspecified atom stereocenters. The third-order valence-corrected chi connectivity index (χ3v) is 1.33. The summed E-state index contributed by atoms with van der Waals surface area (Å²) in [6.07, 6.45) is 1.48. The zero-order chi connectivity index (χ0) is 8.97. The van der Waals surface area contributed by atoms with Crippen molar-refractivity contribution in [2.75, 3.05) is 11.6 Å². The van der Waals surface area contributed by atoms with Crippen LogP contribution in [-0.2, 0) is 0 Å². The van der Waals surface area contributed by atoms with Gasteiger partial charge in [0.05, 0.1) is 5.88 Å². The lowest BCUT2D eigenvalue weighted by molar-refractivity contribution is 0.475. The average molecular weight is 183 g/mol. The minimum atomic E-state index is -0.0589. The van der Waals surface area contributed by atoms with E-state index in [4.69, 9.17) is 22.4 Å². The van der Waals surface area contributed by atoms with E-state index in [1.165, 1.54) is 12.3 Å². The third-order valence-electron chi connectivity index (χ3n) is 1.20. The second-order valence-corrected chi connectivity index (χ2v) is 2.33. The van der Waals surface area contributed by atoms with Crippen molar-refractivity contribution in [3.63, 3.8) is 0 Å². The Hall–Kier alpha value is -1.40. The van der Waals surface area contributed by atoms with Crippen molar-refractivity contribution in [1.29, 1.82) is 0 Å². The lowest BCUT2D eigenvalue weighted by atomic mass is 10.3. The van der Waals surface area contributed by atoms with E-state index in [1.54, 1.807) is 0 Å². The Labute approximate surface area is 75.2 Å². The molecule has 4 heteroatoms. The highest BCUT2D eigenvalue weighted by Crippen LogP contribution is 2.16. The van der Waals surface area contributed by atoms with Gasteiger partial charge in [-0.2, -0.15) is 0 Å². The largest absolute Gasteiger partial charge is 0.504 e. The summed E-state index contributed by atoms with van der Waals surface area (Å²) in [6, 6.07) is 1.45. The number of hydrogen-bond acceptors (Lipinski definition) is 3. The summed E-state index contributed by atoms with van der Waals surface area (Å²) in [7, 11) is 0. The topological polar surface area (TPSA) is 59.1 Å². The number of aromatic hydroxyl groups is 1. The van der Waals surface area contributed by atoms with Crippen LogP contribution in [0.1, 0.15) is 5.56 Å². The molecule has 1 rings (SSSR count). The van der Waals surface area contributed by atoms with Crippen molar-refractivity contribution < 1.29 is 5.11 Å². The van der Waals surface area contributed by atoms with Gasteiger partial charge in [0.25, 0.3) is 0 Å². The summed E-state index contributed by atoms with van der Waals surface area (Å²) >= 11 is 5.34. The molecule has 0 atom stereocenters. The van der Waals surface area contributed by atoms with E-state index in [-0.39, 0.29) is 17.4 Å². The zero-order valence-electron chi connectivity index (χ0n) is 6.21. The maximum atomic E-state index is 9.11. The van der Waals surface area contributed by atoms with Gasteiger partial charge in [-0.3, -0.25) is 0 Å². The Morgan fingerprint density at radius 2 is 2.42 bits per heavy atom.